The lowest BCUT2D eigenvalue weighted by Crippen LogP contribution is -2.59. The van der Waals surface area contributed by atoms with Gasteiger partial charge >= 0.3 is 5.97 Å². The first kappa shape index (κ1) is 123. The third-order valence-electron chi connectivity index (χ3n) is 16.8. The van der Waals surface area contributed by atoms with Crippen LogP contribution in [0.3, 0.4) is 0 Å². The molecule has 0 bridgehead atoms. The Bertz CT molecular complexity index is 2370. The predicted octanol–water partition coefficient (Wildman–Crippen LogP) is -1.95. The second kappa shape index (κ2) is 99.7. The maximum absolute atomic E-state index is 13.8. The molecule has 0 atom stereocenters. The highest BCUT2D eigenvalue weighted by Crippen LogP contribution is 2.14. The van der Waals surface area contributed by atoms with Crippen molar-refractivity contribution in [2.45, 2.75) is 63.3 Å². The third kappa shape index (κ3) is 89.3. The number of nitrogens with one attached hydrogen (secondary N) is 5. The zero-order valence-corrected chi connectivity index (χ0v) is 77.7. The summed E-state index contributed by atoms with van der Waals surface area (Å²) in [5.74, 6) is -2.78. The molecule has 46 heteroatoms. The Kier molecular flexibility index (Phi) is 94.1. The highest BCUT2D eigenvalue weighted by molar-refractivity contribution is 6.01. The van der Waals surface area contributed by atoms with Crippen molar-refractivity contribution < 1.29 is 190 Å². The molecule has 1 saturated heterocycles. The van der Waals surface area contributed by atoms with Gasteiger partial charge in [0, 0.05) is 98.9 Å². The number of imide groups is 1. The van der Waals surface area contributed by atoms with E-state index in [-0.39, 0.29) is 187 Å². The normalized spacial score (nSPS) is 12.3. The first-order chi connectivity index (χ1) is 63.9. The average molecular weight is 1890 g/mol. The fourth-order valence-corrected chi connectivity index (χ4v) is 10.1. The molecule has 764 valence electrons. The molecular weight excluding hydrogens is 1730 g/mol. The molecule has 130 heavy (non-hydrogen) atoms. The van der Waals surface area contributed by atoms with Gasteiger partial charge in [-0.25, -0.2) is 4.79 Å². The zero-order valence-electron chi connectivity index (χ0n) is 77.7. The molecule has 0 aromatic heterocycles. The summed E-state index contributed by atoms with van der Waals surface area (Å²) in [6, 6.07) is 0. The second-order valence-corrected chi connectivity index (χ2v) is 27.6. The molecular formula is C84H158N6O40. The Morgan fingerprint density at radius 2 is 0.400 bits per heavy atom. The first-order valence-corrected chi connectivity index (χ1v) is 45.0. The van der Waals surface area contributed by atoms with Gasteiger partial charge in [-0.3, -0.25) is 33.6 Å². The molecule has 0 spiro atoms. The largest absolute Gasteiger partial charge is 0.384 e. The van der Waals surface area contributed by atoms with Crippen molar-refractivity contribution in [3.05, 3.63) is 0 Å². The van der Waals surface area contributed by atoms with Crippen molar-refractivity contribution in [3.8, 4) is 0 Å². The maximum atomic E-state index is 13.8. The van der Waals surface area contributed by atoms with E-state index >= 15 is 0 Å². The Balaban J connectivity index is 2.65. The molecule has 46 nitrogen and oxygen atoms in total. The molecule has 1 heterocycles. The summed E-state index contributed by atoms with van der Waals surface area (Å²) in [6.07, 6.45) is 1.02. The average Bonchev–Trinajstić information content (AvgIpc) is 1.59. The van der Waals surface area contributed by atoms with Gasteiger partial charge in [0.15, 0.2) is 0 Å². The van der Waals surface area contributed by atoms with Crippen molar-refractivity contribution in [2.75, 3.05) is 437 Å². The van der Waals surface area contributed by atoms with E-state index in [1.807, 2.05) is 0 Å². The summed E-state index contributed by atoms with van der Waals surface area (Å²) < 4.78 is 173. The van der Waals surface area contributed by atoms with Crippen LogP contribution in [0.5, 0.6) is 0 Å². The smallest absolute Gasteiger partial charge is 0.333 e. The van der Waals surface area contributed by atoms with Crippen LogP contribution >= 0.6 is 0 Å². The van der Waals surface area contributed by atoms with Crippen LogP contribution in [0.4, 0.5) is 0 Å². The van der Waals surface area contributed by atoms with Gasteiger partial charge in [-0.2, -0.15) is 0 Å². The fourth-order valence-electron chi connectivity index (χ4n) is 10.1. The molecule has 7 amide bonds. The molecule has 5 N–H and O–H groups in total. The Morgan fingerprint density at radius 3 is 0.608 bits per heavy atom. The van der Waals surface area contributed by atoms with Gasteiger partial charge in [-0.05, 0) is 6.42 Å². The Labute approximate surface area is 766 Å². The number of hydrogen-bond donors (Lipinski definition) is 5. The molecule has 0 aromatic carbocycles. The van der Waals surface area contributed by atoms with Gasteiger partial charge in [0.1, 0.15) is 5.54 Å². The van der Waals surface area contributed by atoms with Crippen molar-refractivity contribution in [3.63, 3.8) is 0 Å². The summed E-state index contributed by atoms with van der Waals surface area (Å²) in [5.41, 5.74) is -1.19. The van der Waals surface area contributed by atoms with E-state index in [2.05, 4.69) is 26.6 Å². The molecule has 0 radical (unpaired) electrons. The van der Waals surface area contributed by atoms with Gasteiger partial charge in [0.25, 0.3) is 11.8 Å². The highest BCUT2D eigenvalue weighted by atomic mass is 16.7. The number of hydroxylamine groups is 2. The Hall–Kier alpha value is -5.28. The summed E-state index contributed by atoms with van der Waals surface area (Å²) in [6.45, 7) is 20.6. The monoisotopic (exact) mass is 1890 g/mol. The van der Waals surface area contributed by atoms with Gasteiger partial charge in [-0.15, -0.1) is 5.06 Å². The molecule has 1 fully saturated rings. The number of methoxy groups -OCH3 is 3. The standard InChI is InChI=1S/C84H158N6O40/c1-99-17-9-77(92)86-14-22-104-27-32-109-37-40-112-43-46-115-49-52-118-55-58-121-61-64-124-67-70-127-73-84(74-128-71-68-125-65-62-122-59-56-119-53-50-116-47-44-113-41-38-110-33-28-105-23-15-87-78(93)10-18-100-2,75-129-72-69-126-66-63-123-60-57-120-54-51-117-48-45-114-42-39-111-34-29-106-24-16-88-79(94)11-19-101-3)89-80(95)12-20-102-25-30-107-35-36-108-31-26-103-21-13-85-76(91)5-4-6-83(98)130-90-81(96)7-8-82(90)97/h4-75H2,1-3H3,(H,85,91)(H,86,92)(H,87,93)(H,88,94)(H,89,95). The van der Waals surface area contributed by atoms with Crippen molar-refractivity contribution in [2.24, 2.45) is 0 Å². The number of carbonyl (C=O) groups is 8. The molecule has 1 aliphatic heterocycles. The van der Waals surface area contributed by atoms with E-state index in [1.54, 1.807) is 21.3 Å². The van der Waals surface area contributed by atoms with E-state index in [0.717, 1.165) is 0 Å². The van der Waals surface area contributed by atoms with Gasteiger partial charge in [0.05, 0.1) is 390 Å². The molecule has 0 aromatic rings. The van der Waals surface area contributed by atoms with Crippen LogP contribution in [0.15, 0.2) is 0 Å². The van der Waals surface area contributed by atoms with E-state index in [0.29, 0.717) is 321 Å². The van der Waals surface area contributed by atoms with Crippen LogP contribution in [0.1, 0.15) is 57.8 Å². The van der Waals surface area contributed by atoms with Crippen LogP contribution in [-0.2, 0) is 190 Å². The number of nitrogens with zero attached hydrogens (tertiary/aromatic N) is 1. The van der Waals surface area contributed by atoms with Crippen LogP contribution in [-0.4, -0.2) is 495 Å². The minimum atomic E-state index is -1.19. The van der Waals surface area contributed by atoms with Gasteiger partial charge in [0.2, 0.25) is 29.5 Å². The second-order valence-electron chi connectivity index (χ2n) is 27.6. The van der Waals surface area contributed by atoms with Crippen molar-refractivity contribution in [1.82, 2.24) is 31.6 Å². The fraction of sp³-hybridized carbons (Fsp3) is 0.905. The SMILES string of the molecule is COCCC(=O)NCCOCCOCCOCCOCCOCCOCCOCCOCC(COCCOCCOCCOCCOCCOCCOCCOCCNC(=O)CCOC)(COCCOCCOCCOCCOCCOCCOCCOCCNC(=O)CCOC)NC(=O)CCOCCOCCOCCOCCNC(=O)CCCC(=O)ON1C(=O)CCC1=O. The van der Waals surface area contributed by atoms with Crippen LogP contribution in [0.2, 0.25) is 0 Å². The number of carbonyl (C=O) groups excluding carboxylic acids is 8. The lowest BCUT2D eigenvalue weighted by molar-refractivity contribution is -0.197. The van der Waals surface area contributed by atoms with E-state index in [4.69, 9.17) is 152 Å². The molecule has 1 aliphatic rings. The minimum absolute atomic E-state index is 0.00378. The topological polar surface area (TPSA) is 495 Å². The summed E-state index contributed by atoms with van der Waals surface area (Å²) in [4.78, 5) is 101. The molecule has 1 rings (SSSR count). The van der Waals surface area contributed by atoms with Crippen molar-refractivity contribution in [1.29, 1.82) is 0 Å². The quantitative estimate of drug-likeness (QED) is 0.0326. The molecule has 0 aliphatic carbocycles. The first-order valence-electron chi connectivity index (χ1n) is 45.0. The Morgan fingerprint density at radius 1 is 0.223 bits per heavy atom. The van der Waals surface area contributed by atoms with Crippen LogP contribution in [0.25, 0.3) is 0 Å². The number of hydrogen-bond acceptors (Lipinski definition) is 40. The van der Waals surface area contributed by atoms with Gasteiger partial charge in [-0.1, -0.05) is 0 Å². The van der Waals surface area contributed by atoms with Crippen LogP contribution < -0.4 is 26.6 Å². The maximum Gasteiger partial charge on any atom is 0.333 e. The number of ether oxygens (including phenoxy) is 31. The number of rotatable bonds is 108. The highest BCUT2D eigenvalue weighted by Gasteiger charge is 2.35. The minimum Gasteiger partial charge on any atom is -0.384 e. The third-order valence-corrected chi connectivity index (χ3v) is 16.8. The zero-order chi connectivity index (χ0) is 93.8. The lowest BCUT2D eigenvalue weighted by atomic mass is 10.0. The van der Waals surface area contributed by atoms with Crippen LogP contribution in [0, 0.1) is 0 Å². The summed E-state index contributed by atoms with van der Waals surface area (Å²) in [5, 5.41) is 14.5. The van der Waals surface area contributed by atoms with E-state index < -0.39 is 23.3 Å². The molecule has 0 unspecified atom stereocenters. The van der Waals surface area contributed by atoms with Gasteiger partial charge < -0.3 is 178 Å². The summed E-state index contributed by atoms with van der Waals surface area (Å²) in [7, 11) is 4.65. The van der Waals surface area contributed by atoms with E-state index in [9.17, 15) is 38.4 Å². The van der Waals surface area contributed by atoms with E-state index in [1.165, 1.54) is 0 Å². The molecule has 0 saturated carbocycles. The van der Waals surface area contributed by atoms with Crippen molar-refractivity contribution >= 4 is 47.3 Å². The number of amides is 7. The predicted molar refractivity (Wildman–Crippen MR) is 461 cm³/mol. The lowest BCUT2D eigenvalue weighted by Gasteiger charge is -2.34. The summed E-state index contributed by atoms with van der Waals surface area (Å²) >= 11 is 0.